The highest BCUT2D eigenvalue weighted by atomic mass is 16.3. The number of aromatic nitrogens is 1. The molecule has 102 valence electrons. The molecule has 4 heteroatoms. The number of nitrogen functional groups attached to an aromatic ring is 1. The molecule has 0 aliphatic carbocycles. The number of benzene rings is 1. The van der Waals surface area contributed by atoms with Crippen molar-refractivity contribution in [3.8, 4) is 0 Å². The van der Waals surface area contributed by atoms with Gasteiger partial charge in [-0.25, -0.2) is 4.98 Å². The minimum Gasteiger partial charge on any atom is -0.399 e. The van der Waals surface area contributed by atoms with E-state index < -0.39 is 0 Å². The number of rotatable bonds is 6. The molecule has 0 saturated heterocycles. The van der Waals surface area contributed by atoms with Crippen molar-refractivity contribution in [1.29, 1.82) is 0 Å². The molecule has 0 atom stereocenters. The van der Waals surface area contributed by atoms with E-state index in [4.69, 9.17) is 10.8 Å². The second-order valence-corrected chi connectivity index (χ2v) is 4.69. The van der Waals surface area contributed by atoms with E-state index in [2.05, 4.69) is 16.8 Å². The van der Waals surface area contributed by atoms with E-state index in [0.717, 1.165) is 41.8 Å². The lowest BCUT2D eigenvalue weighted by atomic mass is 10.2. The largest absolute Gasteiger partial charge is 0.399 e. The molecule has 1 aromatic carbocycles. The maximum Gasteiger partial charge on any atom is 0.129 e. The topological polar surface area (TPSA) is 62.4 Å². The van der Waals surface area contributed by atoms with Gasteiger partial charge < -0.3 is 15.7 Å². The Morgan fingerprint density at radius 2 is 2.05 bits per heavy atom. The summed E-state index contributed by atoms with van der Waals surface area (Å²) >= 11 is 0. The first-order chi connectivity index (χ1) is 9.24. The van der Waals surface area contributed by atoms with Crippen LogP contribution in [0.2, 0.25) is 0 Å². The van der Waals surface area contributed by atoms with Crippen LogP contribution < -0.4 is 10.6 Å². The zero-order chi connectivity index (χ0) is 13.7. The van der Waals surface area contributed by atoms with E-state index in [0.29, 0.717) is 6.54 Å². The lowest BCUT2D eigenvalue weighted by Gasteiger charge is -2.22. The van der Waals surface area contributed by atoms with E-state index in [1.165, 1.54) is 0 Å². The molecule has 2 aromatic rings. The van der Waals surface area contributed by atoms with E-state index >= 15 is 0 Å². The highest BCUT2D eigenvalue weighted by Crippen LogP contribution is 2.20. The van der Waals surface area contributed by atoms with Gasteiger partial charge in [0, 0.05) is 24.2 Å². The summed E-state index contributed by atoms with van der Waals surface area (Å²) in [5, 5.41) is 10.2. The van der Waals surface area contributed by atoms with Crippen LogP contribution in [0, 0.1) is 0 Å². The highest BCUT2D eigenvalue weighted by Gasteiger charge is 2.07. The van der Waals surface area contributed by atoms with Crippen LogP contribution in [0.3, 0.4) is 0 Å². The lowest BCUT2D eigenvalue weighted by molar-refractivity contribution is 0.301. The van der Waals surface area contributed by atoms with Crippen LogP contribution in [0.5, 0.6) is 0 Å². The maximum atomic E-state index is 9.16. The quantitative estimate of drug-likeness (QED) is 0.782. The van der Waals surface area contributed by atoms with Crippen molar-refractivity contribution >= 4 is 22.4 Å². The van der Waals surface area contributed by atoms with E-state index in [-0.39, 0.29) is 6.61 Å². The van der Waals surface area contributed by atoms with Crippen LogP contribution in [0.4, 0.5) is 11.5 Å². The van der Waals surface area contributed by atoms with Gasteiger partial charge in [-0.05, 0) is 36.8 Å². The number of aliphatic hydroxyl groups excluding tert-OH is 1. The van der Waals surface area contributed by atoms with Crippen molar-refractivity contribution < 1.29 is 5.11 Å². The molecule has 0 fully saturated rings. The summed E-state index contributed by atoms with van der Waals surface area (Å²) in [5.74, 6) is 0.916. The predicted molar refractivity (Wildman–Crippen MR) is 80.4 cm³/mol. The molecule has 0 saturated carbocycles. The van der Waals surface area contributed by atoms with Crippen molar-refractivity contribution in [3.05, 3.63) is 30.3 Å². The van der Waals surface area contributed by atoms with Crippen molar-refractivity contribution in [1.82, 2.24) is 4.98 Å². The number of aliphatic hydroxyl groups is 1. The van der Waals surface area contributed by atoms with Gasteiger partial charge in [-0.1, -0.05) is 13.3 Å². The third kappa shape index (κ3) is 3.35. The first kappa shape index (κ1) is 13.6. The third-order valence-electron chi connectivity index (χ3n) is 3.17. The standard InChI is InChI=1S/C15H21N3O/c1-2-3-8-18(9-10-19)15-7-4-12-11-13(16)5-6-14(12)17-15/h4-7,11,19H,2-3,8-10,16H2,1H3. The number of pyridine rings is 1. The Morgan fingerprint density at radius 3 is 2.79 bits per heavy atom. The molecule has 3 N–H and O–H groups in total. The van der Waals surface area contributed by atoms with Gasteiger partial charge in [-0.15, -0.1) is 0 Å². The average Bonchev–Trinajstić information content (AvgIpc) is 2.43. The molecule has 4 nitrogen and oxygen atoms in total. The van der Waals surface area contributed by atoms with Gasteiger partial charge in [-0.2, -0.15) is 0 Å². The number of nitrogens with zero attached hydrogens (tertiary/aromatic N) is 2. The number of hydrogen-bond acceptors (Lipinski definition) is 4. The lowest BCUT2D eigenvalue weighted by Crippen LogP contribution is -2.28. The summed E-state index contributed by atoms with van der Waals surface area (Å²) in [5.41, 5.74) is 7.45. The Hall–Kier alpha value is -1.81. The molecule has 1 aromatic heterocycles. The smallest absolute Gasteiger partial charge is 0.129 e. The molecule has 0 bridgehead atoms. The number of unbranched alkanes of at least 4 members (excludes halogenated alkanes) is 1. The Bertz CT molecular complexity index is 542. The zero-order valence-electron chi connectivity index (χ0n) is 11.3. The molecule has 0 spiro atoms. The fourth-order valence-corrected chi connectivity index (χ4v) is 2.12. The zero-order valence-corrected chi connectivity index (χ0v) is 11.3. The minimum absolute atomic E-state index is 0.144. The summed E-state index contributed by atoms with van der Waals surface area (Å²) in [6.45, 7) is 3.84. The van der Waals surface area contributed by atoms with E-state index in [9.17, 15) is 0 Å². The summed E-state index contributed by atoms with van der Waals surface area (Å²) in [7, 11) is 0. The monoisotopic (exact) mass is 259 g/mol. The first-order valence-electron chi connectivity index (χ1n) is 6.76. The van der Waals surface area contributed by atoms with Crippen molar-refractivity contribution in [2.75, 3.05) is 30.3 Å². The Labute approximate surface area is 113 Å². The Morgan fingerprint density at radius 1 is 1.21 bits per heavy atom. The van der Waals surface area contributed by atoms with Gasteiger partial charge in [0.2, 0.25) is 0 Å². The minimum atomic E-state index is 0.144. The molecule has 19 heavy (non-hydrogen) atoms. The van der Waals surface area contributed by atoms with Crippen LogP contribution in [-0.4, -0.2) is 29.8 Å². The Balaban J connectivity index is 2.29. The summed E-state index contributed by atoms with van der Waals surface area (Å²) < 4.78 is 0. The maximum absolute atomic E-state index is 9.16. The van der Waals surface area contributed by atoms with Gasteiger partial charge in [0.05, 0.1) is 12.1 Å². The van der Waals surface area contributed by atoms with Crippen LogP contribution in [0.1, 0.15) is 19.8 Å². The molecular formula is C15H21N3O. The fraction of sp³-hybridized carbons (Fsp3) is 0.400. The average molecular weight is 259 g/mol. The molecule has 0 aliphatic rings. The number of nitrogens with two attached hydrogens (primary N) is 1. The summed E-state index contributed by atoms with van der Waals surface area (Å²) in [6.07, 6.45) is 2.23. The summed E-state index contributed by atoms with van der Waals surface area (Å²) in [6, 6.07) is 9.75. The third-order valence-corrected chi connectivity index (χ3v) is 3.17. The summed E-state index contributed by atoms with van der Waals surface area (Å²) in [4.78, 5) is 6.77. The second kappa shape index (κ2) is 6.38. The normalized spacial score (nSPS) is 10.8. The Kier molecular flexibility index (Phi) is 4.58. The fourth-order valence-electron chi connectivity index (χ4n) is 2.12. The van der Waals surface area contributed by atoms with Gasteiger partial charge in [0.25, 0.3) is 0 Å². The van der Waals surface area contributed by atoms with E-state index in [1.54, 1.807) is 0 Å². The molecule has 1 heterocycles. The number of anilines is 2. The predicted octanol–water partition coefficient (Wildman–Crippen LogP) is 2.42. The molecular weight excluding hydrogens is 238 g/mol. The van der Waals surface area contributed by atoms with Gasteiger partial charge in [-0.3, -0.25) is 0 Å². The van der Waals surface area contributed by atoms with Crippen molar-refractivity contribution in [2.24, 2.45) is 0 Å². The highest BCUT2D eigenvalue weighted by molar-refractivity contribution is 5.83. The first-order valence-corrected chi connectivity index (χ1v) is 6.76. The molecule has 0 radical (unpaired) electrons. The van der Waals surface area contributed by atoms with Crippen LogP contribution in [-0.2, 0) is 0 Å². The second-order valence-electron chi connectivity index (χ2n) is 4.69. The van der Waals surface area contributed by atoms with Gasteiger partial charge in [0.15, 0.2) is 0 Å². The van der Waals surface area contributed by atoms with Crippen molar-refractivity contribution in [3.63, 3.8) is 0 Å². The SMILES string of the molecule is CCCCN(CCO)c1ccc2cc(N)ccc2n1. The van der Waals surface area contributed by atoms with Crippen molar-refractivity contribution in [2.45, 2.75) is 19.8 Å². The van der Waals surface area contributed by atoms with Crippen LogP contribution in [0.25, 0.3) is 10.9 Å². The van der Waals surface area contributed by atoms with Crippen LogP contribution >= 0.6 is 0 Å². The molecule has 0 amide bonds. The van der Waals surface area contributed by atoms with Gasteiger partial charge >= 0.3 is 0 Å². The van der Waals surface area contributed by atoms with E-state index in [1.807, 2.05) is 30.3 Å². The molecule has 0 unspecified atom stereocenters. The number of fused-ring (bicyclic) bond motifs is 1. The van der Waals surface area contributed by atoms with Crippen LogP contribution in [0.15, 0.2) is 30.3 Å². The molecule has 0 aliphatic heterocycles. The van der Waals surface area contributed by atoms with Gasteiger partial charge in [0.1, 0.15) is 5.82 Å². The molecule has 2 rings (SSSR count). The number of hydrogen-bond donors (Lipinski definition) is 2.